The first-order valence-electron chi connectivity index (χ1n) is 11.6. The Hall–Kier alpha value is -2.57. The van der Waals surface area contributed by atoms with E-state index >= 15 is 0 Å². The van der Waals surface area contributed by atoms with Crippen LogP contribution >= 0.6 is 0 Å². The number of ether oxygens (including phenoxy) is 1. The quantitative estimate of drug-likeness (QED) is 0.630. The molecule has 178 valence electrons. The summed E-state index contributed by atoms with van der Waals surface area (Å²) in [7, 11) is 0. The van der Waals surface area contributed by atoms with Gasteiger partial charge in [-0.3, -0.25) is 9.59 Å². The van der Waals surface area contributed by atoms with Crippen LogP contribution in [0.2, 0.25) is 0 Å². The second-order valence-electron chi connectivity index (χ2n) is 9.86. The van der Waals surface area contributed by atoms with Crippen molar-refractivity contribution in [3.05, 3.63) is 35.4 Å². The van der Waals surface area contributed by atoms with Gasteiger partial charge >= 0.3 is 6.09 Å². The van der Waals surface area contributed by atoms with Gasteiger partial charge in [-0.2, -0.15) is 0 Å². The number of aryl methyl sites for hydroxylation is 1. The Morgan fingerprint density at radius 2 is 1.66 bits per heavy atom. The number of hydrogen-bond donors (Lipinski definition) is 2. The molecule has 0 aliphatic heterocycles. The van der Waals surface area contributed by atoms with Gasteiger partial charge in [-0.05, 0) is 78.4 Å². The summed E-state index contributed by atoms with van der Waals surface area (Å²) < 4.78 is 5.31. The zero-order valence-electron chi connectivity index (χ0n) is 20.5. The molecule has 2 rings (SSSR count). The molecule has 2 atom stereocenters. The lowest BCUT2D eigenvalue weighted by Crippen LogP contribution is -2.57. The van der Waals surface area contributed by atoms with Crippen LogP contribution in [-0.2, 0) is 20.7 Å². The van der Waals surface area contributed by atoms with Crippen LogP contribution in [0.3, 0.4) is 0 Å². The molecule has 1 saturated carbocycles. The fourth-order valence-corrected chi connectivity index (χ4v) is 3.69. The minimum atomic E-state index is -0.824. The number of nitrogens with one attached hydrogen (secondary N) is 2. The van der Waals surface area contributed by atoms with E-state index in [9.17, 15) is 14.4 Å². The molecule has 0 heterocycles. The van der Waals surface area contributed by atoms with Crippen molar-refractivity contribution < 1.29 is 19.1 Å². The molecule has 1 aromatic carbocycles. The van der Waals surface area contributed by atoms with E-state index in [4.69, 9.17) is 4.74 Å². The van der Waals surface area contributed by atoms with Gasteiger partial charge in [-0.1, -0.05) is 31.2 Å². The number of hydrogen-bond acceptors (Lipinski definition) is 4. The zero-order chi connectivity index (χ0) is 24.1. The lowest BCUT2D eigenvalue weighted by molar-refractivity contribution is -0.147. The third-order valence-corrected chi connectivity index (χ3v) is 5.49. The van der Waals surface area contributed by atoms with Crippen molar-refractivity contribution in [2.75, 3.05) is 0 Å². The summed E-state index contributed by atoms with van der Waals surface area (Å²) in [6, 6.07) is 6.16. The Labute approximate surface area is 192 Å². The smallest absolute Gasteiger partial charge is 0.408 e. The van der Waals surface area contributed by atoms with E-state index < -0.39 is 23.8 Å². The van der Waals surface area contributed by atoms with Crippen molar-refractivity contribution in [3.8, 4) is 0 Å². The molecule has 1 aromatic rings. The summed E-state index contributed by atoms with van der Waals surface area (Å²) >= 11 is 0. The lowest BCUT2D eigenvalue weighted by Gasteiger charge is -2.43. The molecular weight excluding hydrogens is 406 g/mol. The van der Waals surface area contributed by atoms with Crippen LogP contribution in [0.1, 0.15) is 84.9 Å². The molecule has 2 N–H and O–H groups in total. The van der Waals surface area contributed by atoms with E-state index in [1.165, 1.54) is 5.56 Å². The van der Waals surface area contributed by atoms with Crippen LogP contribution < -0.4 is 10.6 Å². The predicted octanol–water partition coefficient (Wildman–Crippen LogP) is 4.11. The minimum Gasteiger partial charge on any atom is -0.444 e. The number of carbonyl (C=O) groups is 3. The first kappa shape index (κ1) is 25.7. The van der Waals surface area contributed by atoms with E-state index in [1.807, 2.05) is 38.1 Å². The number of nitrogens with zero attached hydrogens (tertiary/aromatic N) is 1. The van der Waals surface area contributed by atoms with Gasteiger partial charge in [-0.25, -0.2) is 4.79 Å². The number of benzene rings is 1. The fourth-order valence-electron chi connectivity index (χ4n) is 3.69. The Morgan fingerprint density at radius 3 is 2.09 bits per heavy atom. The van der Waals surface area contributed by atoms with Crippen molar-refractivity contribution in [2.45, 2.75) is 104 Å². The first-order chi connectivity index (χ1) is 14.9. The van der Waals surface area contributed by atoms with E-state index in [-0.39, 0.29) is 23.9 Å². The maximum atomic E-state index is 13.6. The second-order valence-corrected chi connectivity index (χ2v) is 9.86. The molecule has 0 radical (unpaired) electrons. The van der Waals surface area contributed by atoms with Crippen molar-refractivity contribution in [2.24, 2.45) is 0 Å². The SMILES string of the molecule is CCc1ccc(C(C(=O)NC(C)C)N(C(=O)C(C)NC(=O)OC(C)(C)C)C2CCC2)cc1. The summed E-state index contributed by atoms with van der Waals surface area (Å²) in [6.45, 7) is 12.8. The summed E-state index contributed by atoms with van der Waals surface area (Å²) in [5.74, 6) is -0.502. The molecule has 3 amide bonds. The summed E-state index contributed by atoms with van der Waals surface area (Å²) in [4.78, 5) is 40.8. The van der Waals surface area contributed by atoms with Gasteiger partial charge in [0.15, 0.2) is 0 Å². The van der Waals surface area contributed by atoms with E-state index in [0.29, 0.717) is 0 Å². The first-order valence-corrected chi connectivity index (χ1v) is 11.6. The third kappa shape index (κ3) is 6.97. The fraction of sp³-hybridized carbons (Fsp3) is 0.640. The Balaban J connectivity index is 2.36. The topological polar surface area (TPSA) is 87.7 Å². The molecule has 0 saturated heterocycles. The normalized spacial score (nSPS) is 16.0. The van der Waals surface area contributed by atoms with Gasteiger partial charge in [0.2, 0.25) is 11.8 Å². The predicted molar refractivity (Wildman–Crippen MR) is 125 cm³/mol. The summed E-state index contributed by atoms with van der Waals surface area (Å²) in [5, 5.41) is 5.61. The molecule has 0 spiro atoms. The van der Waals surface area contributed by atoms with Crippen LogP contribution in [0.25, 0.3) is 0 Å². The van der Waals surface area contributed by atoms with Crippen LogP contribution in [0.4, 0.5) is 4.79 Å². The maximum absolute atomic E-state index is 13.6. The molecule has 7 nitrogen and oxygen atoms in total. The van der Waals surface area contributed by atoms with Crippen molar-refractivity contribution in [1.29, 1.82) is 0 Å². The van der Waals surface area contributed by atoms with Gasteiger partial charge in [0.05, 0.1) is 0 Å². The molecule has 1 aliphatic rings. The van der Waals surface area contributed by atoms with Crippen LogP contribution in [0, 0.1) is 0 Å². The Morgan fingerprint density at radius 1 is 1.06 bits per heavy atom. The standard InChI is InChI=1S/C25H39N3O4/c1-8-18-12-14-19(15-13-18)21(22(29)26-16(2)3)28(20-10-9-11-20)23(30)17(4)27-24(31)32-25(5,6)7/h12-17,20-21H,8-11H2,1-7H3,(H,26,29)(H,27,31). The largest absolute Gasteiger partial charge is 0.444 e. The van der Waals surface area contributed by atoms with Crippen LogP contribution in [-0.4, -0.2) is 46.5 Å². The monoisotopic (exact) mass is 445 g/mol. The van der Waals surface area contributed by atoms with Gasteiger partial charge in [0.25, 0.3) is 0 Å². The molecule has 0 aromatic heterocycles. The van der Waals surface area contributed by atoms with Gasteiger partial charge in [-0.15, -0.1) is 0 Å². The highest BCUT2D eigenvalue weighted by molar-refractivity contribution is 5.92. The zero-order valence-corrected chi connectivity index (χ0v) is 20.5. The number of amides is 3. The minimum absolute atomic E-state index is 0.0425. The highest BCUT2D eigenvalue weighted by atomic mass is 16.6. The maximum Gasteiger partial charge on any atom is 0.408 e. The molecule has 32 heavy (non-hydrogen) atoms. The van der Waals surface area contributed by atoms with Crippen molar-refractivity contribution in [3.63, 3.8) is 0 Å². The average molecular weight is 446 g/mol. The van der Waals surface area contributed by atoms with E-state index in [0.717, 1.165) is 31.2 Å². The molecular formula is C25H39N3O4. The molecule has 0 bridgehead atoms. The second kappa shape index (κ2) is 10.8. The average Bonchev–Trinajstić information content (AvgIpc) is 2.63. The highest BCUT2D eigenvalue weighted by Crippen LogP contribution is 2.34. The third-order valence-electron chi connectivity index (χ3n) is 5.49. The molecule has 1 aliphatic carbocycles. The van der Waals surface area contributed by atoms with Crippen LogP contribution in [0.5, 0.6) is 0 Å². The number of alkyl carbamates (subject to hydrolysis) is 1. The van der Waals surface area contributed by atoms with Crippen molar-refractivity contribution >= 4 is 17.9 Å². The van der Waals surface area contributed by atoms with Crippen LogP contribution in [0.15, 0.2) is 24.3 Å². The van der Waals surface area contributed by atoms with Gasteiger partial charge in [0, 0.05) is 12.1 Å². The van der Waals surface area contributed by atoms with Gasteiger partial charge < -0.3 is 20.3 Å². The van der Waals surface area contributed by atoms with Crippen molar-refractivity contribution in [1.82, 2.24) is 15.5 Å². The number of carbonyl (C=O) groups excluding carboxylic acids is 3. The number of rotatable bonds is 8. The highest BCUT2D eigenvalue weighted by Gasteiger charge is 2.41. The Bertz CT molecular complexity index is 794. The lowest BCUT2D eigenvalue weighted by atomic mass is 9.88. The van der Waals surface area contributed by atoms with Gasteiger partial charge in [0.1, 0.15) is 17.7 Å². The Kier molecular flexibility index (Phi) is 8.70. The van der Waals surface area contributed by atoms with E-state index in [2.05, 4.69) is 17.6 Å². The summed E-state index contributed by atoms with van der Waals surface area (Å²) in [6.07, 6.45) is 2.93. The summed E-state index contributed by atoms with van der Waals surface area (Å²) in [5.41, 5.74) is 1.27. The molecule has 2 unspecified atom stereocenters. The molecule has 7 heteroatoms. The van der Waals surface area contributed by atoms with E-state index in [1.54, 1.807) is 32.6 Å². The molecule has 1 fully saturated rings.